The van der Waals surface area contributed by atoms with Gasteiger partial charge in [0.15, 0.2) is 5.60 Å². The molecule has 1 aliphatic rings. The summed E-state index contributed by atoms with van der Waals surface area (Å²) in [6.07, 6.45) is 2.53. The fourth-order valence-electron chi connectivity index (χ4n) is 4.16. The number of aliphatic imine (C=N–C) groups is 1. The van der Waals surface area contributed by atoms with E-state index in [0.29, 0.717) is 31.8 Å². The molecule has 0 aromatic heterocycles. The lowest BCUT2D eigenvalue weighted by Gasteiger charge is -2.31. The number of hydrogen-bond acceptors (Lipinski definition) is 5. The number of benzene rings is 2. The van der Waals surface area contributed by atoms with Gasteiger partial charge in [0.2, 0.25) is 11.8 Å². The van der Waals surface area contributed by atoms with Crippen molar-refractivity contribution in [2.24, 2.45) is 10.9 Å². The molecule has 1 unspecified atom stereocenters. The zero-order valence-electron chi connectivity index (χ0n) is 22.4. The topological polar surface area (TPSA) is 91.2 Å². The van der Waals surface area contributed by atoms with E-state index in [-0.39, 0.29) is 24.0 Å². The number of nitrogens with zero attached hydrogens (tertiary/aromatic N) is 2. The van der Waals surface area contributed by atoms with E-state index in [4.69, 9.17) is 4.74 Å². The molecule has 2 N–H and O–H groups in total. The summed E-state index contributed by atoms with van der Waals surface area (Å²) in [6, 6.07) is 15.8. The molecule has 0 aliphatic carbocycles. The van der Waals surface area contributed by atoms with Crippen LogP contribution in [0.4, 0.5) is 0 Å². The Hall–Kier alpha value is -3.61. The van der Waals surface area contributed by atoms with Crippen LogP contribution in [0.3, 0.4) is 0 Å². The largest absolute Gasteiger partial charge is 0.509 e. The second-order valence-electron chi connectivity index (χ2n) is 10.1. The van der Waals surface area contributed by atoms with E-state index in [2.05, 4.69) is 16.9 Å². The van der Waals surface area contributed by atoms with Crippen LogP contribution in [0.5, 0.6) is 5.75 Å². The van der Waals surface area contributed by atoms with Crippen LogP contribution in [-0.4, -0.2) is 46.3 Å². The van der Waals surface area contributed by atoms with Crippen molar-refractivity contribution in [1.29, 1.82) is 0 Å². The summed E-state index contributed by atoms with van der Waals surface area (Å²) in [6.45, 7) is 12.4. The molecule has 3 rings (SSSR count). The highest BCUT2D eigenvalue weighted by molar-refractivity contribution is 6.02. The van der Waals surface area contributed by atoms with Crippen molar-refractivity contribution in [3.8, 4) is 5.75 Å². The second-order valence-corrected chi connectivity index (χ2v) is 10.1. The fraction of sp³-hybridized carbons (Fsp3) is 0.433. The second kappa shape index (κ2) is 12.6. The Morgan fingerprint density at radius 3 is 2.41 bits per heavy atom. The highest BCUT2D eigenvalue weighted by Crippen LogP contribution is 2.24. The maximum absolute atomic E-state index is 13.1. The number of rotatable bonds is 12. The van der Waals surface area contributed by atoms with Gasteiger partial charge in [0.05, 0.1) is 12.5 Å². The minimum absolute atomic E-state index is 0.0208. The van der Waals surface area contributed by atoms with Crippen LogP contribution in [0.2, 0.25) is 0 Å². The van der Waals surface area contributed by atoms with E-state index in [9.17, 15) is 14.7 Å². The Balaban J connectivity index is 1.48. The zero-order chi connectivity index (χ0) is 27.0. The van der Waals surface area contributed by atoms with E-state index in [1.807, 2.05) is 62.4 Å². The molecule has 0 fully saturated rings. The van der Waals surface area contributed by atoms with Gasteiger partial charge >= 0.3 is 0 Å². The first-order valence-corrected chi connectivity index (χ1v) is 12.9. The molecule has 7 heteroatoms. The maximum atomic E-state index is 13.1. The van der Waals surface area contributed by atoms with Crippen LogP contribution < -0.4 is 10.1 Å². The van der Waals surface area contributed by atoms with Crippen LogP contribution >= 0.6 is 0 Å². The van der Waals surface area contributed by atoms with Gasteiger partial charge in [-0.25, -0.2) is 0 Å². The van der Waals surface area contributed by atoms with Crippen molar-refractivity contribution in [2.75, 3.05) is 13.1 Å². The van der Waals surface area contributed by atoms with Gasteiger partial charge in [-0.3, -0.25) is 14.6 Å². The molecule has 1 atom stereocenters. The third kappa shape index (κ3) is 7.94. The lowest BCUT2D eigenvalue weighted by molar-refractivity contribution is -0.135. The molecule has 198 valence electrons. The predicted octanol–water partition coefficient (Wildman–Crippen LogP) is 5.13. The van der Waals surface area contributed by atoms with Crippen molar-refractivity contribution in [3.63, 3.8) is 0 Å². The number of nitrogens with one attached hydrogen (secondary N) is 1. The molecule has 0 saturated heterocycles. The number of aryl methyl sites for hydroxylation is 2. The van der Waals surface area contributed by atoms with E-state index in [0.717, 1.165) is 29.8 Å². The minimum atomic E-state index is -0.851. The Kier molecular flexibility index (Phi) is 9.50. The van der Waals surface area contributed by atoms with Crippen molar-refractivity contribution in [2.45, 2.75) is 65.5 Å². The lowest BCUT2D eigenvalue weighted by Crippen LogP contribution is -2.46. The monoisotopic (exact) mass is 505 g/mol. The Morgan fingerprint density at radius 1 is 1.14 bits per heavy atom. The maximum Gasteiger partial charge on any atom is 0.233 e. The van der Waals surface area contributed by atoms with Gasteiger partial charge in [-0.2, -0.15) is 0 Å². The molecule has 2 amide bonds. The lowest BCUT2D eigenvalue weighted by atomic mass is 9.99. The molecule has 7 nitrogen and oxygen atoms in total. The van der Waals surface area contributed by atoms with Crippen LogP contribution in [-0.2, 0) is 22.6 Å². The molecule has 0 saturated carbocycles. The van der Waals surface area contributed by atoms with Crippen LogP contribution in [0, 0.1) is 12.8 Å². The number of hydrogen-bond donors (Lipinski definition) is 2. The summed E-state index contributed by atoms with van der Waals surface area (Å²) >= 11 is 0. The number of amidine groups is 1. The van der Waals surface area contributed by atoms with E-state index in [1.165, 1.54) is 5.56 Å². The molecule has 0 bridgehead atoms. The molecule has 2 aromatic rings. The van der Waals surface area contributed by atoms with E-state index < -0.39 is 11.5 Å². The Bertz CT molecular complexity index is 1120. The molecule has 1 heterocycles. The van der Waals surface area contributed by atoms with Crippen LogP contribution in [0.15, 0.2) is 65.9 Å². The summed E-state index contributed by atoms with van der Waals surface area (Å²) in [5.41, 5.74) is 2.51. The quantitative estimate of drug-likeness (QED) is 0.391. The average Bonchev–Trinajstić information content (AvgIpc) is 2.86. The third-order valence-electron chi connectivity index (χ3n) is 6.64. The number of carbonyl (C=O) groups is 2. The molecule has 1 aliphatic heterocycles. The summed E-state index contributed by atoms with van der Waals surface area (Å²) in [5, 5.41) is 12.6. The molecule has 37 heavy (non-hydrogen) atoms. The zero-order valence-corrected chi connectivity index (χ0v) is 22.4. The standard InChI is InChI=1S/C30H39N3O4/c1-6-33-27(9-7-8-23-14-16-26(17-15-23)37-30(4,5)22(3)34)31-20-25(29(33)36)18-28(35)32-19-24-12-10-21(2)11-13-24/h10-17,25,34H,3,6-9,18-20H2,1-2,4-5H3,(H,32,35). The van der Waals surface area contributed by atoms with Crippen molar-refractivity contribution in [1.82, 2.24) is 10.2 Å². The smallest absolute Gasteiger partial charge is 0.233 e. The van der Waals surface area contributed by atoms with Crippen molar-refractivity contribution < 1.29 is 19.4 Å². The van der Waals surface area contributed by atoms with Gasteiger partial charge in [0.25, 0.3) is 0 Å². The van der Waals surface area contributed by atoms with Gasteiger partial charge in [-0.05, 0) is 63.8 Å². The minimum Gasteiger partial charge on any atom is -0.509 e. The predicted molar refractivity (Wildman–Crippen MR) is 147 cm³/mol. The number of ether oxygens (including phenoxy) is 1. The number of amides is 2. The average molecular weight is 506 g/mol. The van der Waals surface area contributed by atoms with E-state index >= 15 is 0 Å². The summed E-state index contributed by atoms with van der Waals surface area (Å²) in [7, 11) is 0. The molecule has 0 radical (unpaired) electrons. The first-order chi connectivity index (χ1) is 17.6. The fourth-order valence-corrected chi connectivity index (χ4v) is 4.16. The van der Waals surface area contributed by atoms with Gasteiger partial charge < -0.3 is 20.1 Å². The molecule has 2 aromatic carbocycles. The van der Waals surface area contributed by atoms with Gasteiger partial charge in [-0.15, -0.1) is 0 Å². The van der Waals surface area contributed by atoms with Gasteiger partial charge in [-0.1, -0.05) is 48.5 Å². The third-order valence-corrected chi connectivity index (χ3v) is 6.64. The highest BCUT2D eigenvalue weighted by atomic mass is 16.5. The van der Waals surface area contributed by atoms with E-state index in [1.54, 1.807) is 18.7 Å². The number of carbonyl (C=O) groups excluding carboxylic acids is 2. The first kappa shape index (κ1) is 28.0. The normalized spacial score (nSPS) is 15.8. The number of aliphatic hydroxyl groups is 1. The molecule has 0 spiro atoms. The summed E-state index contributed by atoms with van der Waals surface area (Å²) in [5.74, 6) is 0.864. The Labute approximate surface area is 220 Å². The summed E-state index contributed by atoms with van der Waals surface area (Å²) in [4.78, 5) is 32.0. The number of aliphatic hydroxyl groups excluding tert-OH is 1. The van der Waals surface area contributed by atoms with Crippen LogP contribution in [0.25, 0.3) is 0 Å². The first-order valence-electron chi connectivity index (χ1n) is 12.9. The Morgan fingerprint density at radius 2 is 1.78 bits per heavy atom. The van der Waals surface area contributed by atoms with Crippen LogP contribution in [0.1, 0.15) is 56.7 Å². The van der Waals surface area contributed by atoms with Crippen molar-refractivity contribution >= 4 is 17.6 Å². The SMILES string of the molecule is C=C(O)C(C)(C)Oc1ccc(CCCC2=NCC(CC(=O)NCc3ccc(C)cc3)C(=O)N2CC)cc1. The molecular weight excluding hydrogens is 466 g/mol. The molecular formula is C30H39N3O4. The highest BCUT2D eigenvalue weighted by Gasteiger charge is 2.32. The summed E-state index contributed by atoms with van der Waals surface area (Å²) < 4.78 is 5.80. The van der Waals surface area contributed by atoms with Crippen molar-refractivity contribution in [3.05, 3.63) is 77.6 Å². The van der Waals surface area contributed by atoms with Gasteiger partial charge in [0, 0.05) is 25.9 Å². The van der Waals surface area contributed by atoms with Gasteiger partial charge in [0.1, 0.15) is 17.3 Å².